The zero-order chi connectivity index (χ0) is 15.4. The van der Waals surface area contributed by atoms with Crippen molar-refractivity contribution >= 4 is 17.7 Å². The summed E-state index contributed by atoms with van der Waals surface area (Å²) >= 11 is 1.59. The fraction of sp³-hybridized carbons (Fsp3) is 0.188. The number of hydrogen-bond donors (Lipinski definition) is 1. The summed E-state index contributed by atoms with van der Waals surface area (Å²) in [7, 11) is 0. The van der Waals surface area contributed by atoms with Gasteiger partial charge in [-0.3, -0.25) is 4.79 Å². The third-order valence-electron chi connectivity index (χ3n) is 3.14. The van der Waals surface area contributed by atoms with Gasteiger partial charge in [-0.05, 0) is 55.1 Å². The average molecular weight is 307 g/mol. The van der Waals surface area contributed by atoms with Crippen LogP contribution in [0, 0.1) is 11.6 Å². The summed E-state index contributed by atoms with van der Waals surface area (Å²) in [6, 6.07) is 10.4. The lowest BCUT2D eigenvalue weighted by Crippen LogP contribution is -2.26. The fourth-order valence-electron chi connectivity index (χ4n) is 1.89. The second kappa shape index (κ2) is 6.72. The number of carbonyl (C=O) groups is 1. The number of halogens is 2. The van der Waals surface area contributed by atoms with Crippen LogP contribution in [-0.4, -0.2) is 12.2 Å². The summed E-state index contributed by atoms with van der Waals surface area (Å²) in [5.41, 5.74) is 1.05. The molecule has 2 aromatic rings. The number of amides is 1. The third-order valence-corrected chi connectivity index (χ3v) is 3.89. The largest absolute Gasteiger partial charge is 0.346 e. The standard InChI is InChI=1S/C16H15F2NOS/c1-10(12-5-8-14(17)15(18)9-12)19-16(20)11-3-6-13(21-2)7-4-11/h3-10H,1-2H3,(H,19,20). The Labute approximate surface area is 126 Å². The molecule has 2 aromatic carbocycles. The van der Waals surface area contributed by atoms with E-state index in [9.17, 15) is 13.6 Å². The van der Waals surface area contributed by atoms with Gasteiger partial charge in [0.1, 0.15) is 0 Å². The van der Waals surface area contributed by atoms with Crippen LogP contribution in [-0.2, 0) is 0 Å². The number of carbonyl (C=O) groups excluding carboxylic acids is 1. The average Bonchev–Trinajstić information content (AvgIpc) is 2.50. The van der Waals surface area contributed by atoms with E-state index in [4.69, 9.17) is 0 Å². The smallest absolute Gasteiger partial charge is 0.251 e. The maximum Gasteiger partial charge on any atom is 0.251 e. The Hall–Kier alpha value is -1.88. The number of benzene rings is 2. The van der Waals surface area contributed by atoms with Gasteiger partial charge in [-0.1, -0.05) is 6.07 Å². The van der Waals surface area contributed by atoms with E-state index in [1.54, 1.807) is 30.8 Å². The number of hydrogen-bond acceptors (Lipinski definition) is 2. The van der Waals surface area contributed by atoms with Crippen molar-refractivity contribution in [3.8, 4) is 0 Å². The molecule has 0 fully saturated rings. The Morgan fingerprint density at radius 3 is 2.33 bits per heavy atom. The molecule has 21 heavy (non-hydrogen) atoms. The molecule has 1 amide bonds. The first-order valence-electron chi connectivity index (χ1n) is 6.41. The lowest BCUT2D eigenvalue weighted by atomic mass is 10.1. The van der Waals surface area contributed by atoms with Gasteiger partial charge in [0, 0.05) is 10.5 Å². The number of nitrogens with one attached hydrogen (secondary N) is 1. The SMILES string of the molecule is CSc1ccc(C(=O)NC(C)c2ccc(F)c(F)c2)cc1. The minimum absolute atomic E-state index is 0.250. The number of thioether (sulfide) groups is 1. The summed E-state index contributed by atoms with van der Waals surface area (Å²) in [4.78, 5) is 13.2. The van der Waals surface area contributed by atoms with Crippen LogP contribution in [0.25, 0.3) is 0 Å². The van der Waals surface area contributed by atoms with Crippen LogP contribution >= 0.6 is 11.8 Å². The van der Waals surface area contributed by atoms with Gasteiger partial charge >= 0.3 is 0 Å². The maximum atomic E-state index is 13.2. The van der Waals surface area contributed by atoms with Crippen molar-refractivity contribution in [3.05, 3.63) is 65.2 Å². The highest BCUT2D eigenvalue weighted by atomic mass is 32.2. The molecule has 0 radical (unpaired) electrons. The van der Waals surface area contributed by atoms with E-state index in [-0.39, 0.29) is 5.91 Å². The van der Waals surface area contributed by atoms with E-state index in [1.807, 2.05) is 18.4 Å². The molecule has 2 rings (SSSR count). The fourth-order valence-corrected chi connectivity index (χ4v) is 2.30. The van der Waals surface area contributed by atoms with Crippen molar-refractivity contribution in [1.29, 1.82) is 0 Å². The first kappa shape index (κ1) is 15.5. The molecule has 0 aliphatic carbocycles. The van der Waals surface area contributed by atoms with Gasteiger partial charge in [0.15, 0.2) is 11.6 Å². The molecule has 5 heteroatoms. The second-order valence-electron chi connectivity index (χ2n) is 4.60. The highest BCUT2D eigenvalue weighted by Gasteiger charge is 2.13. The maximum absolute atomic E-state index is 13.2. The Morgan fingerprint density at radius 1 is 1.10 bits per heavy atom. The van der Waals surface area contributed by atoms with Crippen LogP contribution in [0.4, 0.5) is 8.78 Å². The molecule has 0 aromatic heterocycles. The van der Waals surface area contributed by atoms with Gasteiger partial charge in [-0.15, -0.1) is 11.8 Å². The molecule has 1 N–H and O–H groups in total. The highest BCUT2D eigenvalue weighted by Crippen LogP contribution is 2.18. The summed E-state index contributed by atoms with van der Waals surface area (Å²) in [6.45, 7) is 1.72. The molecule has 1 unspecified atom stereocenters. The zero-order valence-corrected chi connectivity index (χ0v) is 12.5. The molecule has 0 aliphatic rings. The topological polar surface area (TPSA) is 29.1 Å². The molecule has 0 spiro atoms. The van der Waals surface area contributed by atoms with Gasteiger partial charge in [0.2, 0.25) is 0 Å². The zero-order valence-electron chi connectivity index (χ0n) is 11.7. The van der Waals surface area contributed by atoms with Crippen LogP contribution in [0.5, 0.6) is 0 Å². The molecule has 1 atom stereocenters. The number of rotatable bonds is 4. The van der Waals surface area contributed by atoms with Gasteiger partial charge in [-0.25, -0.2) is 8.78 Å². The quantitative estimate of drug-likeness (QED) is 0.859. The molecular weight excluding hydrogens is 292 g/mol. The molecular formula is C16H15F2NOS. The molecule has 0 heterocycles. The van der Waals surface area contributed by atoms with Gasteiger partial charge < -0.3 is 5.32 Å². The first-order chi connectivity index (χ1) is 10.0. The minimum Gasteiger partial charge on any atom is -0.346 e. The van der Waals surface area contributed by atoms with Gasteiger partial charge in [-0.2, -0.15) is 0 Å². The third kappa shape index (κ3) is 3.82. The van der Waals surface area contributed by atoms with Crippen molar-refractivity contribution in [2.24, 2.45) is 0 Å². The van der Waals surface area contributed by atoms with E-state index in [1.165, 1.54) is 6.07 Å². The Balaban J connectivity index is 2.08. The van der Waals surface area contributed by atoms with Gasteiger partial charge in [0.25, 0.3) is 5.91 Å². The monoisotopic (exact) mass is 307 g/mol. The predicted molar refractivity (Wildman–Crippen MR) is 80.5 cm³/mol. The molecule has 2 nitrogen and oxygen atoms in total. The van der Waals surface area contributed by atoms with Crippen molar-refractivity contribution in [1.82, 2.24) is 5.32 Å². The minimum atomic E-state index is -0.919. The van der Waals surface area contributed by atoms with Crippen LogP contribution in [0.1, 0.15) is 28.9 Å². The Kier molecular flexibility index (Phi) is 4.96. The van der Waals surface area contributed by atoms with Gasteiger partial charge in [0.05, 0.1) is 6.04 Å². The summed E-state index contributed by atoms with van der Waals surface area (Å²) < 4.78 is 26.1. The van der Waals surface area contributed by atoms with E-state index in [0.717, 1.165) is 17.0 Å². The van der Waals surface area contributed by atoms with E-state index in [0.29, 0.717) is 11.1 Å². The molecule has 0 bridgehead atoms. The Bertz CT molecular complexity index is 643. The lowest BCUT2D eigenvalue weighted by molar-refractivity contribution is 0.0939. The summed E-state index contributed by atoms with van der Waals surface area (Å²) in [6.07, 6.45) is 1.96. The normalized spacial score (nSPS) is 12.0. The van der Waals surface area contributed by atoms with Crippen molar-refractivity contribution in [2.45, 2.75) is 17.9 Å². The van der Waals surface area contributed by atoms with E-state index < -0.39 is 17.7 Å². The van der Waals surface area contributed by atoms with Crippen LogP contribution < -0.4 is 5.32 Å². The lowest BCUT2D eigenvalue weighted by Gasteiger charge is -2.14. The van der Waals surface area contributed by atoms with Crippen molar-refractivity contribution < 1.29 is 13.6 Å². The summed E-state index contributed by atoms with van der Waals surface area (Å²) in [5.74, 6) is -2.07. The molecule has 110 valence electrons. The second-order valence-corrected chi connectivity index (χ2v) is 5.48. The molecule has 0 saturated heterocycles. The highest BCUT2D eigenvalue weighted by molar-refractivity contribution is 7.98. The van der Waals surface area contributed by atoms with Crippen LogP contribution in [0.3, 0.4) is 0 Å². The van der Waals surface area contributed by atoms with E-state index >= 15 is 0 Å². The first-order valence-corrected chi connectivity index (χ1v) is 7.63. The molecule has 0 saturated carbocycles. The Morgan fingerprint density at radius 2 is 1.76 bits per heavy atom. The van der Waals surface area contributed by atoms with Crippen molar-refractivity contribution in [3.63, 3.8) is 0 Å². The van der Waals surface area contributed by atoms with E-state index in [2.05, 4.69) is 5.32 Å². The molecule has 0 aliphatic heterocycles. The van der Waals surface area contributed by atoms with Crippen molar-refractivity contribution in [2.75, 3.05) is 6.26 Å². The summed E-state index contributed by atoms with van der Waals surface area (Å²) in [5, 5.41) is 2.76. The van der Waals surface area contributed by atoms with Crippen LogP contribution in [0.15, 0.2) is 47.4 Å². The van der Waals surface area contributed by atoms with Crippen LogP contribution in [0.2, 0.25) is 0 Å². The predicted octanol–water partition coefficient (Wildman–Crippen LogP) is 4.18.